The zero-order valence-corrected chi connectivity index (χ0v) is 23.2. The third kappa shape index (κ3) is 11.9. The van der Waals surface area contributed by atoms with Gasteiger partial charge in [-0.3, -0.25) is 14.4 Å². The van der Waals surface area contributed by atoms with Crippen molar-refractivity contribution in [3.05, 3.63) is 96.9 Å². The summed E-state index contributed by atoms with van der Waals surface area (Å²) in [6.45, 7) is 8.87. The van der Waals surface area contributed by atoms with Crippen molar-refractivity contribution in [1.82, 2.24) is 10.6 Å². The van der Waals surface area contributed by atoms with Gasteiger partial charge >= 0.3 is 5.97 Å². The van der Waals surface area contributed by atoms with Gasteiger partial charge in [0.05, 0.1) is 30.5 Å². The molecule has 2 rings (SSSR count). The number of amides is 2. The fourth-order valence-corrected chi connectivity index (χ4v) is 4.31. The summed E-state index contributed by atoms with van der Waals surface area (Å²) >= 11 is 0. The third-order valence-corrected chi connectivity index (χ3v) is 6.48. The van der Waals surface area contributed by atoms with E-state index in [1.165, 1.54) is 12.1 Å². The van der Waals surface area contributed by atoms with Gasteiger partial charge in [0.2, 0.25) is 11.8 Å². The van der Waals surface area contributed by atoms with Gasteiger partial charge in [0.15, 0.2) is 0 Å². The van der Waals surface area contributed by atoms with E-state index < -0.39 is 29.9 Å². The molecular weight excluding hydrogens is 511 g/mol. The number of carbonyl (C=O) groups excluding carboxylic acids is 3. The van der Waals surface area contributed by atoms with Crippen molar-refractivity contribution in [2.24, 2.45) is 11.8 Å². The standard InChI is InChI=1S/C32H41FN2O5/c1-4-6-13-27(18-25-14-16-28(33)17-15-25)32(39)40-22-23(3)34-31(38)26(10-5-2)20-30(37)35-29(21-36)19-24-11-8-7-9-12-24/h4-5,7-9,11-12,14-17,23,26-27,29,36H,1-2,6,10,13,18-22H2,3H3,(H,34,38)(H,35,37)/t23-,26+,27-,29+/m1/s1. The minimum absolute atomic E-state index is 0.0325. The molecule has 0 bridgehead atoms. The van der Waals surface area contributed by atoms with Gasteiger partial charge in [-0.1, -0.05) is 54.6 Å². The predicted molar refractivity (Wildman–Crippen MR) is 154 cm³/mol. The Morgan fingerprint density at radius 3 is 2.25 bits per heavy atom. The maximum absolute atomic E-state index is 13.2. The maximum Gasteiger partial charge on any atom is 0.309 e. The van der Waals surface area contributed by atoms with Gasteiger partial charge in [0.25, 0.3) is 0 Å². The number of rotatable bonds is 18. The Hall–Kier alpha value is -3.78. The quantitative estimate of drug-likeness (QED) is 0.189. The van der Waals surface area contributed by atoms with E-state index in [2.05, 4.69) is 23.8 Å². The second-order valence-corrected chi connectivity index (χ2v) is 10.00. The Labute approximate surface area is 236 Å². The van der Waals surface area contributed by atoms with Crippen molar-refractivity contribution in [3.63, 3.8) is 0 Å². The van der Waals surface area contributed by atoms with E-state index in [1.54, 1.807) is 31.2 Å². The minimum atomic E-state index is -0.662. The van der Waals surface area contributed by atoms with Crippen LogP contribution in [0.3, 0.4) is 0 Å². The van der Waals surface area contributed by atoms with Crippen molar-refractivity contribution in [2.45, 2.75) is 57.5 Å². The summed E-state index contributed by atoms with van der Waals surface area (Å²) in [5.41, 5.74) is 1.81. The molecule has 40 heavy (non-hydrogen) atoms. The van der Waals surface area contributed by atoms with E-state index in [0.717, 1.165) is 11.1 Å². The molecule has 0 radical (unpaired) electrons. The van der Waals surface area contributed by atoms with Crippen molar-refractivity contribution in [1.29, 1.82) is 0 Å². The van der Waals surface area contributed by atoms with Gasteiger partial charge in [0.1, 0.15) is 12.4 Å². The minimum Gasteiger partial charge on any atom is -0.463 e. The molecule has 0 aliphatic carbocycles. The molecule has 0 saturated carbocycles. The van der Waals surface area contributed by atoms with Crippen LogP contribution in [0, 0.1) is 17.7 Å². The molecule has 0 aliphatic rings. The van der Waals surface area contributed by atoms with E-state index in [4.69, 9.17) is 4.74 Å². The first-order valence-electron chi connectivity index (χ1n) is 13.6. The van der Waals surface area contributed by atoms with Gasteiger partial charge in [0, 0.05) is 6.42 Å². The van der Waals surface area contributed by atoms with Gasteiger partial charge in [-0.05, 0) is 62.3 Å². The van der Waals surface area contributed by atoms with Crippen molar-refractivity contribution >= 4 is 17.8 Å². The molecule has 0 saturated heterocycles. The molecule has 0 aliphatic heterocycles. The Balaban J connectivity index is 1.88. The number of ether oxygens (including phenoxy) is 1. The molecule has 0 heterocycles. The lowest BCUT2D eigenvalue weighted by atomic mass is 9.95. The van der Waals surface area contributed by atoms with Crippen LogP contribution in [0.2, 0.25) is 0 Å². The largest absolute Gasteiger partial charge is 0.463 e. The summed E-state index contributed by atoms with van der Waals surface area (Å²) in [5, 5.41) is 15.3. The molecule has 3 N–H and O–H groups in total. The van der Waals surface area contributed by atoms with Crippen LogP contribution in [0.15, 0.2) is 79.9 Å². The number of benzene rings is 2. The average Bonchev–Trinajstić information content (AvgIpc) is 2.94. The number of esters is 1. The lowest BCUT2D eigenvalue weighted by molar-refractivity contribution is -0.150. The highest BCUT2D eigenvalue weighted by Gasteiger charge is 2.25. The number of allylic oxidation sites excluding steroid dienone is 2. The molecular formula is C32H41FN2O5. The highest BCUT2D eigenvalue weighted by Crippen LogP contribution is 2.18. The molecule has 0 spiro atoms. The Morgan fingerprint density at radius 1 is 0.950 bits per heavy atom. The summed E-state index contributed by atoms with van der Waals surface area (Å²) in [5.74, 6) is -2.53. The number of halogens is 1. The third-order valence-electron chi connectivity index (χ3n) is 6.48. The number of nitrogens with one attached hydrogen (secondary N) is 2. The highest BCUT2D eigenvalue weighted by molar-refractivity contribution is 5.86. The Kier molecular flexibility index (Phi) is 14.4. The smallest absolute Gasteiger partial charge is 0.309 e. The van der Waals surface area contributed by atoms with Crippen LogP contribution in [0.25, 0.3) is 0 Å². The lowest BCUT2D eigenvalue weighted by Crippen LogP contribution is -2.44. The first-order valence-corrected chi connectivity index (χ1v) is 13.6. The Morgan fingerprint density at radius 2 is 1.62 bits per heavy atom. The number of aliphatic hydroxyl groups excluding tert-OH is 1. The van der Waals surface area contributed by atoms with Crippen LogP contribution in [0.1, 0.15) is 43.7 Å². The summed E-state index contributed by atoms with van der Waals surface area (Å²) in [7, 11) is 0. The first-order chi connectivity index (χ1) is 19.2. The second kappa shape index (κ2) is 17.7. The number of hydrogen-bond donors (Lipinski definition) is 3. The van der Waals surface area contributed by atoms with Crippen LogP contribution in [0.4, 0.5) is 4.39 Å². The van der Waals surface area contributed by atoms with Gasteiger partial charge in [-0.15, -0.1) is 13.2 Å². The van der Waals surface area contributed by atoms with Crippen molar-refractivity contribution in [2.75, 3.05) is 13.2 Å². The van der Waals surface area contributed by atoms with E-state index >= 15 is 0 Å². The molecule has 0 aromatic heterocycles. The van der Waals surface area contributed by atoms with Crippen LogP contribution < -0.4 is 10.6 Å². The van der Waals surface area contributed by atoms with Crippen LogP contribution >= 0.6 is 0 Å². The summed E-state index contributed by atoms with van der Waals surface area (Å²) in [6, 6.07) is 14.6. The average molecular weight is 553 g/mol. The fraction of sp³-hybridized carbons (Fsp3) is 0.406. The van der Waals surface area contributed by atoms with Crippen molar-refractivity contribution in [3.8, 4) is 0 Å². The molecule has 2 amide bonds. The molecule has 0 unspecified atom stereocenters. The SMILES string of the molecule is C=CCC[C@H](Cc1ccc(F)cc1)C(=O)OC[C@@H](C)NC(=O)[C@@H](CC=C)CC(=O)N[C@H](CO)Cc1ccccc1. The van der Waals surface area contributed by atoms with Crippen molar-refractivity contribution < 1.29 is 28.6 Å². The molecule has 2 aromatic rings. The zero-order valence-electron chi connectivity index (χ0n) is 23.2. The topological polar surface area (TPSA) is 105 Å². The Bertz CT molecular complexity index is 1090. The summed E-state index contributed by atoms with van der Waals surface area (Å²) < 4.78 is 18.8. The molecule has 7 nitrogen and oxygen atoms in total. The monoisotopic (exact) mass is 552 g/mol. The number of carbonyl (C=O) groups is 3. The second-order valence-electron chi connectivity index (χ2n) is 10.00. The highest BCUT2D eigenvalue weighted by atomic mass is 19.1. The molecule has 2 aromatic carbocycles. The first kappa shape index (κ1) is 32.4. The van der Waals surface area contributed by atoms with Gasteiger partial charge in [-0.2, -0.15) is 0 Å². The lowest BCUT2D eigenvalue weighted by Gasteiger charge is -2.22. The molecule has 4 atom stereocenters. The van der Waals surface area contributed by atoms with E-state index in [-0.39, 0.29) is 43.7 Å². The van der Waals surface area contributed by atoms with Gasteiger partial charge < -0.3 is 20.5 Å². The normalized spacial score (nSPS) is 13.8. The predicted octanol–water partition coefficient (Wildman–Crippen LogP) is 4.30. The zero-order chi connectivity index (χ0) is 29.3. The maximum atomic E-state index is 13.2. The molecule has 8 heteroatoms. The summed E-state index contributed by atoms with van der Waals surface area (Å²) in [6.07, 6.45) is 5.56. The van der Waals surface area contributed by atoms with E-state index in [9.17, 15) is 23.9 Å². The van der Waals surface area contributed by atoms with Crippen LogP contribution in [0.5, 0.6) is 0 Å². The van der Waals surface area contributed by atoms with E-state index in [1.807, 2.05) is 30.3 Å². The molecule has 216 valence electrons. The molecule has 0 fully saturated rings. The number of aliphatic hydroxyl groups is 1. The fourth-order valence-electron chi connectivity index (χ4n) is 4.31. The number of hydrogen-bond acceptors (Lipinski definition) is 5. The van der Waals surface area contributed by atoms with Gasteiger partial charge in [-0.25, -0.2) is 4.39 Å². The van der Waals surface area contributed by atoms with E-state index in [0.29, 0.717) is 25.7 Å². The van der Waals surface area contributed by atoms with Crippen LogP contribution in [-0.4, -0.2) is 48.2 Å². The summed E-state index contributed by atoms with van der Waals surface area (Å²) in [4.78, 5) is 38.5. The van der Waals surface area contributed by atoms with Crippen LogP contribution in [-0.2, 0) is 32.0 Å².